The van der Waals surface area contributed by atoms with Gasteiger partial charge in [0.15, 0.2) is 0 Å². The highest BCUT2D eigenvalue weighted by Gasteiger charge is 2.19. The summed E-state index contributed by atoms with van der Waals surface area (Å²) in [5, 5.41) is 9.43. The van der Waals surface area contributed by atoms with Crippen LogP contribution in [0.1, 0.15) is 20.3 Å². The quantitative estimate of drug-likeness (QED) is 0.619. The van der Waals surface area contributed by atoms with Crippen molar-refractivity contribution in [2.75, 3.05) is 25.6 Å². The van der Waals surface area contributed by atoms with E-state index in [0.29, 0.717) is 13.0 Å². The van der Waals surface area contributed by atoms with Crippen LogP contribution in [0.3, 0.4) is 0 Å². The molecule has 1 aromatic heterocycles. The van der Waals surface area contributed by atoms with Crippen molar-refractivity contribution in [1.82, 2.24) is 9.55 Å². The zero-order valence-corrected chi connectivity index (χ0v) is 14.3. The summed E-state index contributed by atoms with van der Waals surface area (Å²) in [4.78, 5) is 15.3. The zero-order chi connectivity index (χ0) is 17.3. The van der Waals surface area contributed by atoms with E-state index in [1.54, 1.807) is 26.1 Å². The fraction of sp³-hybridized carbons (Fsp3) is 0.571. The van der Waals surface area contributed by atoms with Gasteiger partial charge in [0.25, 0.3) is 0 Å². The first-order valence-electron chi connectivity index (χ1n) is 7.46. The molecule has 0 amide bonds. The van der Waals surface area contributed by atoms with Gasteiger partial charge in [-0.05, 0) is 26.3 Å². The third-order valence-electron chi connectivity index (χ3n) is 3.03. The molecule has 8 nitrogen and oxygen atoms in total. The number of aliphatic hydroxyl groups excluding tert-OH is 1. The van der Waals surface area contributed by atoms with E-state index in [-0.39, 0.29) is 31.6 Å². The molecule has 1 heterocycles. The predicted molar refractivity (Wildman–Crippen MR) is 88.1 cm³/mol. The molecule has 9 heteroatoms. The molecular formula is C14H24N3O5P. The molecule has 0 aliphatic heterocycles. The highest BCUT2D eigenvalue weighted by atomic mass is 31.2. The van der Waals surface area contributed by atoms with Crippen molar-refractivity contribution in [3.05, 3.63) is 34.6 Å². The van der Waals surface area contributed by atoms with Crippen LogP contribution >= 0.6 is 7.60 Å². The minimum absolute atomic E-state index is 0.147. The van der Waals surface area contributed by atoms with E-state index in [0.717, 1.165) is 0 Å². The Morgan fingerprint density at radius 1 is 1.43 bits per heavy atom. The molecule has 1 rings (SSSR count). The van der Waals surface area contributed by atoms with E-state index in [9.17, 15) is 14.5 Å². The number of hydrogen-bond acceptors (Lipinski definition) is 7. The summed E-state index contributed by atoms with van der Waals surface area (Å²) in [5.41, 5.74) is 4.98. The Hall–Kier alpha value is -1.47. The lowest BCUT2D eigenvalue weighted by atomic mass is 10.1. The van der Waals surface area contributed by atoms with E-state index in [1.165, 1.54) is 16.5 Å². The van der Waals surface area contributed by atoms with Crippen LogP contribution in [0.15, 0.2) is 29.0 Å². The normalized spacial score (nSPS) is 13.5. The van der Waals surface area contributed by atoms with Gasteiger partial charge in [-0.15, -0.1) is 0 Å². The minimum Gasteiger partial charge on any atom is -0.396 e. The highest BCUT2D eigenvalue weighted by Crippen LogP contribution is 2.49. The smallest absolute Gasteiger partial charge is 0.353 e. The van der Waals surface area contributed by atoms with Crippen LogP contribution in [0.25, 0.3) is 0 Å². The van der Waals surface area contributed by atoms with Gasteiger partial charge in [-0.25, -0.2) is 4.79 Å². The first-order chi connectivity index (χ1) is 10.9. The fourth-order valence-electron chi connectivity index (χ4n) is 1.88. The third kappa shape index (κ3) is 6.66. The third-order valence-corrected chi connectivity index (χ3v) is 4.80. The number of aliphatic hydroxyl groups is 1. The molecule has 0 bridgehead atoms. The monoisotopic (exact) mass is 345 g/mol. The fourth-order valence-corrected chi connectivity index (χ4v) is 3.30. The van der Waals surface area contributed by atoms with Gasteiger partial charge in [-0.1, -0.05) is 6.08 Å². The number of anilines is 1. The lowest BCUT2D eigenvalue weighted by Gasteiger charge is -2.15. The van der Waals surface area contributed by atoms with Crippen molar-refractivity contribution in [3.8, 4) is 0 Å². The summed E-state index contributed by atoms with van der Waals surface area (Å²) in [6.45, 7) is 4.18. The van der Waals surface area contributed by atoms with Crippen LogP contribution in [-0.4, -0.2) is 34.5 Å². The Morgan fingerprint density at radius 2 is 2.09 bits per heavy atom. The Morgan fingerprint density at radius 3 is 2.61 bits per heavy atom. The van der Waals surface area contributed by atoms with E-state index >= 15 is 0 Å². The second-order valence-corrected chi connectivity index (χ2v) is 6.67. The van der Waals surface area contributed by atoms with Crippen LogP contribution in [0.2, 0.25) is 0 Å². The number of hydrogen-bond donors (Lipinski definition) is 2. The van der Waals surface area contributed by atoms with Crippen molar-refractivity contribution < 1.29 is 18.7 Å². The van der Waals surface area contributed by atoms with E-state index in [2.05, 4.69) is 4.98 Å². The van der Waals surface area contributed by atoms with Crippen LogP contribution in [-0.2, 0) is 20.2 Å². The van der Waals surface area contributed by atoms with Crippen LogP contribution in [0.5, 0.6) is 0 Å². The van der Waals surface area contributed by atoms with E-state index in [4.69, 9.17) is 14.8 Å². The second-order valence-electron chi connectivity index (χ2n) is 4.78. The van der Waals surface area contributed by atoms with Crippen molar-refractivity contribution in [3.63, 3.8) is 0 Å². The van der Waals surface area contributed by atoms with Crippen molar-refractivity contribution >= 4 is 13.4 Å². The van der Waals surface area contributed by atoms with Crippen LogP contribution in [0.4, 0.5) is 5.82 Å². The Kier molecular flexibility index (Phi) is 8.19. The lowest BCUT2D eigenvalue weighted by molar-refractivity contribution is 0.227. The van der Waals surface area contributed by atoms with Gasteiger partial charge in [0, 0.05) is 31.1 Å². The van der Waals surface area contributed by atoms with Gasteiger partial charge < -0.3 is 19.9 Å². The topological polar surface area (TPSA) is 117 Å². The summed E-state index contributed by atoms with van der Waals surface area (Å²) < 4.78 is 24.0. The molecule has 0 unspecified atom stereocenters. The van der Waals surface area contributed by atoms with Gasteiger partial charge >= 0.3 is 13.3 Å². The van der Waals surface area contributed by atoms with Crippen LogP contribution < -0.4 is 11.4 Å². The van der Waals surface area contributed by atoms with Gasteiger partial charge in [0.05, 0.1) is 13.2 Å². The summed E-state index contributed by atoms with van der Waals surface area (Å²) in [6.07, 6.45) is 3.62. The van der Waals surface area contributed by atoms with Gasteiger partial charge in [-0.3, -0.25) is 9.13 Å². The van der Waals surface area contributed by atoms with Crippen molar-refractivity contribution in [2.24, 2.45) is 5.92 Å². The molecule has 1 aromatic rings. The highest BCUT2D eigenvalue weighted by molar-refractivity contribution is 7.57. The molecule has 0 aliphatic rings. The van der Waals surface area contributed by atoms with Crippen molar-refractivity contribution in [2.45, 2.75) is 26.8 Å². The average Bonchev–Trinajstić information content (AvgIpc) is 2.49. The maximum Gasteiger partial charge on any atom is 0.353 e. The molecule has 0 saturated heterocycles. The largest absolute Gasteiger partial charge is 0.396 e. The first kappa shape index (κ1) is 19.6. The maximum atomic E-state index is 12.3. The second kappa shape index (κ2) is 9.62. The number of nitrogen functional groups attached to an aromatic ring is 1. The number of nitrogens with zero attached hydrogens (tertiary/aromatic N) is 2. The molecule has 0 aromatic carbocycles. The zero-order valence-electron chi connectivity index (χ0n) is 13.4. The van der Waals surface area contributed by atoms with Crippen molar-refractivity contribution in [1.29, 1.82) is 0 Å². The maximum absolute atomic E-state index is 12.3. The Labute approximate surface area is 135 Å². The number of aromatic nitrogens is 2. The molecule has 0 saturated carbocycles. The predicted octanol–water partition coefficient (Wildman–Crippen LogP) is 1.60. The summed E-state index contributed by atoms with van der Waals surface area (Å²) in [5.74, 6) is 1.25. The summed E-state index contributed by atoms with van der Waals surface area (Å²) >= 11 is 0. The molecule has 0 radical (unpaired) electrons. The summed E-state index contributed by atoms with van der Waals surface area (Å²) in [7, 11) is -3.29. The van der Waals surface area contributed by atoms with Crippen LogP contribution in [0, 0.1) is 5.92 Å². The minimum atomic E-state index is -3.29. The SMILES string of the molecule is CCOP(=O)(/C=C/[C@H](CO)CCn1ccc(N)nc1=O)OCC. The number of nitrogens with two attached hydrogens (primary N) is 1. The molecule has 23 heavy (non-hydrogen) atoms. The number of aryl methyl sites for hydroxylation is 1. The van der Waals surface area contributed by atoms with Gasteiger partial charge in [0.2, 0.25) is 0 Å². The Balaban J connectivity index is 2.71. The number of rotatable bonds is 10. The molecule has 3 N–H and O–H groups in total. The molecule has 1 atom stereocenters. The Bertz CT molecular complexity index is 607. The first-order valence-corrected chi connectivity index (χ1v) is 9.07. The average molecular weight is 345 g/mol. The van der Waals surface area contributed by atoms with E-state index in [1.807, 2.05) is 0 Å². The molecule has 0 spiro atoms. The molecule has 0 aliphatic carbocycles. The van der Waals surface area contributed by atoms with E-state index < -0.39 is 13.3 Å². The molecule has 130 valence electrons. The molecule has 0 fully saturated rings. The lowest BCUT2D eigenvalue weighted by Crippen LogP contribution is -2.24. The molecular weight excluding hydrogens is 321 g/mol. The van der Waals surface area contributed by atoms with Gasteiger partial charge in [0.1, 0.15) is 5.82 Å². The summed E-state index contributed by atoms with van der Waals surface area (Å²) in [6, 6.07) is 1.53. The standard InChI is InChI=1S/C14H24N3O5P/c1-3-21-23(20,22-4-2)10-7-12(11-18)5-8-17-9-6-13(15)16-14(17)19/h6-7,9-10,12,18H,3-5,8,11H2,1-2H3,(H2,15,16,19)/b10-7+/t12-/m1/s1. The van der Waals surface area contributed by atoms with Gasteiger partial charge in [-0.2, -0.15) is 4.98 Å².